The van der Waals surface area contributed by atoms with Gasteiger partial charge < -0.3 is 9.30 Å². The molecule has 0 unspecified atom stereocenters. The summed E-state index contributed by atoms with van der Waals surface area (Å²) in [6, 6.07) is 7.88. The summed E-state index contributed by atoms with van der Waals surface area (Å²) < 4.78 is 6.78. The van der Waals surface area contributed by atoms with Crippen molar-refractivity contribution in [2.45, 2.75) is 13.5 Å². The topological polar surface area (TPSA) is 44.1 Å². The number of nitrogens with zero attached hydrogens (tertiary/aromatic N) is 2. The summed E-state index contributed by atoms with van der Waals surface area (Å²) in [5.74, 6) is -0.308. The number of aromatic nitrogens is 2. The second-order valence-electron chi connectivity index (χ2n) is 3.54. The van der Waals surface area contributed by atoms with Crippen LogP contribution in [0.1, 0.15) is 6.92 Å². The number of fused-ring (bicyclic) bond motifs is 1. The lowest BCUT2D eigenvalue weighted by atomic mass is 10.3. The van der Waals surface area contributed by atoms with E-state index in [0.717, 1.165) is 11.0 Å². The molecule has 0 bridgehead atoms. The van der Waals surface area contributed by atoms with Crippen molar-refractivity contribution < 1.29 is 9.53 Å². The van der Waals surface area contributed by atoms with E-state index in [9.17, 15) is 4.79 Å². The second kappa shape index (κ2) is 5.30. The summed E-state index contributed by atoms with van der Waals surface area (Å²) in [4.78, 5) is 15.4. The Balaban J connectivity index is 2.06. The number of allylic oxidation sites excluding steroid dienone is 1. The summed E-state index contributed by atoms with van der Waals surface area (Å²) in [6.45, 7) is 2.80. The van der Waals surface area contributed by atoms with Crippen LogP contribution in [0.5, 0.6) is 0 Å². The molecule has 0 N–H and O–H groups in total. The van der Waals surface area contributed by atoms with Gasteiger partial charge in [0.1, 0.15) is 0 Å². The molecule has 0 atom stereocenters. The van der Waals surface area contributed by atoms with Gasteiger partial charge in [0.15, 0.2) is 0 Å². The lowest BCUT2D eigenvalue weighted by Crippen LogP contribution is -2.00. The van der Waals surface area contributed by atoms with Crippen LogP contribution in [0, 0.1) is 0 Å². The minimum absolute atomic E-state index is 0.308. The Hall–Kier alpha value is -2.10. The number of hydrogen-bond acceptors (Lipinski definition) is 3. The molecule has 4 nitrogen and oxygen atoms in total. The third-order valence-electron chi connectivity index (χ3n) is 2.37. The molecule has 17 heavy (non-hydrogen) atoms. The molecule has 0 spiro atoms. The molecule has 0 saturated heterocycles. The Morgan fingerprint density at radius 3 is 3.12 bits per heavy atom. The summed E-state index contributed by atoms with van der Waals surface area (Å²) in [7, 11) is 0. The van der Waals surface area contributed by atoms with E-state index < -0.39 is 0 Å². The second-order valence-corrected chi connectivity index (χ2v) is 3.54. The van der Waals surface area contributed by atoms with Gasteiger partial charge in [0.05, 0.1) is 24.0 Å². The summed E-state index contributed by atoms with van der Waals surface area (Å²) >= 11 is 0. The Morgan fingerprint density at radius 2 is 2.29 bits per heavy atom. The Labute approximate surface area is 99.5 Å². The average Bonchev–Trinajstić information content (AvgIpc) is 2.73. The van der Waals surface area contributed by atoms with Crippen molar-refractivity contribution in [1.29, 1.82) is 0 Å². The van der Waals surface area contributed by atoms with Crippen LogP contribution >= 0.6 is 0 Å². The van der Waals surface area contributed by atoms with Gasteiger partial charge in [-0.15, -0.1) is 0 Å². The largest absolute Gasteiger partial charge is 0.463 e. The van der Waals surface area contributed by atoms with Crippen molar-refractivity contribution in [2.24, 2.45) is 0 Å². The van der Waals surface area contributed by atoms with Crippen molar-refractivity contribution in [3.63, 3.8) is 0 Å². The summed E-state index contributed by atoms with van der Waals surface area (Å²) in [6.07, 6.45) is 4.98. The molecule has 2 rings (SSSR count). The van der Waals surface area contributed by atoms with Gasteiger partial charge in [-0.3, -0.25) is 0 Å². The molecule has 1 aromatic heterocycles. The Bertz CT molecular complexity index is 543. The van der Waals surface area contributed by atoms with Gasteiger partial charge in [-0.05, 0) is 19.1 Å². The maximum atomic E-state index is 11.1. The highest BCUT2D eigenvalue weighted by Crippen LogP contribution is 2.11. The van der Waals surface area contributed by atoms with Gasteiger partial charge in [-0.1, -0.05) is 18.2 Å². The fourth-order valence-electron chi connectivity index (χ4n) is 1.61. The molecule has 0 amide bonds. The maximum absolute atomic E-state index is 11.1. The summed E-state index contributed by atoms with van der Waals surface area (Å²) in [5, 5.41) is 0. The van der Waals surface area contributed by atoms with E-state index in [1.165, 1.54) is 6.08 Å². The smallest absolute Gasteiger partial charge is 0.330 e. The van der Waals surface area contributed by atoms with Gasteiger partial charge >= 0.3 is 5.97 Å². The molecule has 0 aliphatic carbocycles. The minimum Gasteiger partial charge on any atom is -0.463 e. The zero-order valence-corrected chi connectivity index (χ0v) is 9.67. The first-order valence-electron chi connectivity index (χ1n) is 5.54. The molecule has 0 aliphatic heterocycles. The number of carbonyl (C=O) groups is 1. The van der Waals surface area contributed by atoms with E-state index >= 15 is 0 Å². The van der Waals surface area contributed by atoms with Crippen LogP contribution in [0.4, 0.5) is 0 Å². The number of hydrogen-bond donors (Lipinski definition) is 0. The van der Waals surface area contributed by atoms with Crippen molar-refractivity contribution in [2.75, 3.05) is 6.61 Å². The Kier molecular flexibility index (Phi) is 3.55. The van der Waals surface area contributed by atoms with E-state index in [4.69, 9.17) is 4.74 Å². The lowest BCUT2D eigenvalue weighted by molar-refractivity contribution is -0.137. The zero-order valence-electron chi connectivity index (χ0n) is 9.67. The molecule has 0 aliphatic rings. The first-order valence-corrected chi connectivity index (χ1v) is 5.54. The summed E-state index contributed by atoms with van der Waals surface area (Å²) in [5.41, 5.74) is 2.01. The van der Waals surface area contributed by atoms with Gasteiger partial charge in [-0.2, -0.15) is 0 Å². The number of carbonyl (C=O) groups excluding carboxylic acids is 1. The predicted molar refractivity (Wildman–Crippen MR) is 65.5 cm³/mol. The number of para-hydroxylation sites is 2. The normalized spacial score (nSPS) is 11.1. The fraction of sp³-hybridized carbons (Fsp3) is 0.231. The van der Waals surface area contributed by atoms with Crippen molar-refractivity contribution in [3.05, 3.63) is 42.7 Å². The molecule has 0 saturated carbocycles. The van der Waals surface area contributed by atoms with Crippen molar-refractivity contribution in [3.8, 4) is 0 Å². The van der Waals surface area contributed by atoms with E-state index in [-0.39, 0.29) is 5.97 Å². The Morgan fingerprint density at radius 1 is 1.47 bits per heavy atom. The van der Waals surface area contributed by atoms with Gasteiger partial charge in [0.25, 0.3) is 0 Å². The van der Waals surface area contributed by atoms with Crippen molar-refractivity contribution >= 4 is 17.0 Å². The van der Waals surface area contributed by atoms with Crippen LogP contribution in [0.3, 0.4) is 0 Å². The van der Waals surface area contributed by atoms with E-state index in [0.29, 0.717) is 13.2 Å². The molecule has 1 aromatic carbocycles. The highest BCUT2D eigenvalue weighted by atomic mass is 16.5. The molecule has 0 radical (unpaired) electrons. The fourth-order valence-corrected chi connectivity index (χ4v) is 1.61. The van der Waals surface area contributed by atoms with Crippen LogP contribution in [0.25, 0.3) is 11.0 Å². The quantitative estimate of drug-likeness (QED) is 0.597. The minimum atomic E-state index is -0.308. The van der Waals surface area contributed by atoms with E-state index in [1.54, 1.807) is 19.3 Å². The molecule has 1 heterocycles. The van der Waals surface area contributed by atoms with Gasteiger partial charge in [0, 0.05) is 12.6 Å². The molecule has 2 aromatic rings. The molecular formula is C13H14N2O2. The van der Waals surface area contributed by atoms with Gasteiger partial charge in [-0.25, -0.2) is 9.78 Å². The first kappa shape index (κ1) is 11.4. The highest BCUT2D eigenvalue weighted by molar-refractivity contribution is 5.82. The average molecular weight is 230 g/mol. The van der Waals surface area contributed by atoms with Crippen LogP contribution in [0.15, 0.2) is 42.7 Å². The van der Waals surface area contributed by atoms with Gasteiger partial charge in [0.2, 0.25) is 0 Å². The van der Waals surface area contributed by atoms with Crippen molar-refractivity contribution in [1.82, 2.24) is 9.55 Å². The zero-order chi connectivity index (χ0) is 12.1. The highest BCUT2D eigenvalue weighted by Gasteiger charge is 1.99. The lowest BCUT2D eigenvalue weighted by Gasteiger charge is -1.99. The number of rotatable bonds is 4. The third kappa shape index (κ3) is 2.72. The standard InChI is InChI=1S/C13H14N2O2/c1-2-17-13(16)8-5-9-15-10-14-11-6-3-4-7-12(11)15/h3-8,10H,2,9H2,1H3/b8-5+. The maximum Gasteiger partial charge on any atom is 0.330 e. The molecular weight excluding hydrogens is 216 g/mol. The number of ether oxygens (including phenoxy) is 1. The predicted octanol–water partition coefficient (Wildman–Crippen LogP) is 2.16. The molecule has 4 heteroatoms. The number of esters is 1. The molecule has 88 valence electrons. The van der Waals surface area contributed by atoms with Crippen LogP contribution in [-0.4, -0.2) is 22.1 Å². The molecule has 0 fully saturated rings. The van der Waals surface area contributed by atoms with Crippen LogP contribution in [-0.2, 0) is 16.1 Å². The monoisotopic (exact) mass is 230 g/mol. The number of imidazole rings is 1. The van der Waals surface area contributed by atoms with E-state index in [1.807, 2.05) is 28.8 Å². The number of benzene rings is 1. The third-order valence-corrected chi connectivity index (χ3v) is 2.37. The van der Waals surface area contributed by atoms with Crippen LogP contribution < -0.4 is 0 Å². The van der Waals surface area contributed by atoms with Crippen LogP contribution in [0.2, 0.25) is 0 Å². The first-order chi connectivity index (χ1) is 8.31. The van der Waals surface area contributed by atoms with E-state index in [2.05, 4.69) is 4.98 Å². The SMILES string of the molecule is CCOC(=O)/C=C/Cn1cnc2ccccc21.